The monoisotopic (exact) mass is 221 g/mol. The van der Waals surface area contributed by atoms with E-state index < -0.39 is 11.9 Å². The van der Waals surface area contributed by atoms with E-state index in [4.69, 9.17) is 5.73 Å². The lowest BCUT2D eigenvalue weighted by Crippen LogP contribution is -2.09. The number of hydrogen-bond donors (Lipinski definition) is 2. The highest BCUT2D eigenvalue weighted by Gasteiger charge is 2.37. The van der Waals surface area contributed by atoms with Crippen LogP contribution in [0.15, 0.2) is 0 Å². The molecule has 0 radical (unpaired) electrons. The molecule has 0 aliphatic rings. The highest BCUT2D eigenvalue weighted by Crippen LogP contribution is 2.33. The Kier molecular flexibility index (Phi) is 3.60. The first-order chi connectivity index (χ1) is 6.96. The van der Waals surface area contributed by atoms with Crippen LogP contribution in [-0.4, -0.2) is 10.2 Å². The number of nitrogens with zero attached hydrogens (tertiary/aromatic N) is 1. The predicted octanol–water partition coefficient (Wildman–Crippen LogP) is 2.74. The molecule has 0 aliphatic heterocycles. The van der Waals surface area contributed by atoms with Crippen LogP contribution in [0.25, 0.3) is 0 Å². The van der Waals surface area contributed by atoms with Crippen molar-refractivity contribution in [3.63, 3.8) is 0 Å². The first-order valence-electron chi connectivity index (χ1n) is 4.86. The summed E-state index contributed by atoms with van der Waals surface area (Å²) in [7, 11) is 0. The molecule has 3 nitrogen and oxygen atoms in total. The average Bonchev–Trinajstić information content (AvgIpc) is 2.48. The van der Waals surface area contributed by atoms with Crippen molar-refractivity contribution in [3.05, 3.63) is 11.3 Å². The number of unbranched alkanes of at least 4 members (excludes halogenated alkanes) is 2. The summed E-state index contributed by atoms with van der Waals surface area (Å²) >= 11 is 0. The van der Waals surface area contributed by atoms with Crippen LogP contribution in [-0.2, 0) is 12.6 Å². The van der Waals surface area contributed by atoms with Crippen molar-refractivity contribution in [1.82, 2.24) is 10.2 Å². The van der Waals surface area contributed by atoms with Gasteiger partial charge in [-0.05, 0) is 12.8 Å². The summed E-state index contributed by atoms with van der Waals surface area (Å²) in [5.41, 5.74) is 4.62. The molecule has 0 saturated heterocycles. The minimum absolute atomic E-state index is 0.0263. The normalized spacial score (nSPS) is 12.0. The van der Waals surface area contributed by atoms with E-state index in [1.54, 1.807) is 0 Å². The van der Waals surface area contributed by atoms with Crippen molar-refractivity contribution < 1.29 is 13.2 Å². The molecule has 1 heterocycles. The third kappa shape index (κ3) is 2.87. The van der Waals surface area contributed by atoms with Gasteiger partial charge < -0.3 is 5.73 Å². The van der Waals surface area contributed by atoms with Gasteiger partial charge in [0.1, 0.15) is 5.82 Å². The van der Waals surface area contributed by atoms with Gasteiger partial charge in [0, 0.05) is 5.56 Å². The van der Waals surface area contributed by atoms with Crippen LogP contribution in [0.4, 0.5) is 19.0 Å². The van der Waals surface area contributed by atoms with Crippen molar-refractivity contribution in [1.29, 1.82) is 0 Å². The minimum Gasteiger partial charge on any atom is -0.384 e. The molecule has 1 aromatic rings. The van der Waals surface area contributed by atoms with Gasteiger partial charge in [-0.25, -0.2) is 0 Å². The number of nitrogens with two attached hydrogens (primary N) is 1. The summed E-state index contributed by atoms with van der Waals surface area (Å²) in [5.74, 6) is 0.0263. The van der Waals surface area contributed by atoms with Gasteiger partial charge >= 0.3 is 6.18 Å². The number of anilines is 1. The van der Waals surface area contributed by atoms with Gasteiger partial charge in [-0.2, -0.15) is 18.3 Å². The van der Waals surface area contributed by atoms with Gasteiger partial charge in [0.25, 0.3) is 0 Å². The van der Waals surface area contributed by atoms with E-state index in [0.29, 0.717) is 12.8 Å². The Morgan fingerprint density at radius 3 is 2.53 bits per heavy atom. The van der Waals surface area contributed by atoms with Gasteiger partial charge in [-0.15, -0.1) is 0 Å². The van der Waals surface area contributed by atoms with E-state index in [9.17, 15) is 13.2 Å². The van der Waals surface area contributed by atoms with E-state index in [1.807, 2.05) is 6.92 Å². The Balaban J connectivity index is 2.80. The van der Waals surface area contributed by atoms with Crippen molar-refractivity contribution >= 4 is 5.82 Å². The van der Waals surface area contributed by atoms with E-state index in [-0.39, 0.29) is 11.4 Å². The van der Waals surface area contributed by atoms with Crippen molar-refractivity contribution in [3.8, 4) is 0 Å². The molecular weight excluding hydrogens is 207 g/mol. The van der Waals surface area contributed by atoms with Crippen LogP contribution >= 0.6 is 0 Å². The molecule has 0 unspecified atom stereocenters. The zero-order valence-corrected chi connectivity index (χ0v) is 8.49. The summed E-state index contributed by atoms with van der Waals surface area (Å²) in [6, 6.07) is 0. The van der Waals surface area contributed by atoms with Crippen LogP contribution in [0.5, 0.6) is 0 Å². The van der Waals surface area contributed by atoms with Crippen LogP contribution < -0.4 is 5.73 Å². The highest BCUT2D eigenvalue weighted by molar-refractivity contribution is 5.43. The van der Waals surface area contributed by atoms with Gasteiger partial charge in [0.2, 0.25) is 0 Å². The Morgan fingerprint density at radius 2 is 2.00 bits per heavy atom. The number of hydrogen-bond acceptors (Lipinski definition) is 2. The summed E-state index contributed by atoms with van der Waals surface area (Å²) < 4.78 is 37.3. The zero-order chi connectivity index (χ0) is 11.5. The second-order valence-corrected chi connectivity index (χ2v) is 3.42. The SMILES string of the molecule is CCCCCc1c(C(F)(F)F)n[nH]c1N. The molecule has 6 heteroatoms. The molecule has 1 rings (SSSR count). The molecular formula is C9H14F3N3. The van der Waals surface area contributed by atoms with Crippen LogP contribution in [0.1, 0.15) is 37.4 Å². The van der Waals surface area contributed by atoms with Gasteiger partial charge in [0.05, 0.1) is 0 Å². The van der Waals surface area contributed by atoms with E-state index in [0.717, 1.165) is 12.8 Å². The van der Waals surface area contributed by atoms with Crippen LogP contribution in [0, 0.1) is 0 Å². The average molecular weight is 221 g/mol. The Labute approximate surface area is 85.9 Å². The van der Waals surface area contributed by atoms with Gasteiger partial charge in [-0.1, -0.05) is 19.8 Å². The van der Waals surface area contributed by atoms with Crippen molar-refractivity contribution in [2.75, 3.05) is 5.73 Å². The Morgan fingerprint density at radius 1 is 1.33 bits per heavy atom. The smallest absolute Gasteiger partial charge is 0.384 e. The third-order valence-corrected chi connectivity index (χ3v) is 2.20. The fraction of sp³-hybridized carbons (Fsp3) is 0.667. The van der Waals surface area contributed by atoms with Crippen LogP contribution in [0.2, 0.25) is 0 Å². The van der Waals surface area contributed by atoms with E-state index >= 15 is 0 Å². The first kappa shape index (κ1) is 11.9. The maximum absolute atomic E-state index is 12.4. The number of aromatic nitrogens is 2. The molecule has 0 amide bonds. The lowest BCUT2D eigenvalue weighted by atomic mass is 10.1. The van der Waals surface area contributed by atoms with E-state index in [2.05, 4.69) is 10.2 Å². The fourth-order valence-corrected chi connectivity index (χ4v) is 1.42. The highest BCUT2D eigenvalue weighted by atomic mass is 19.4. The number of alkyl halides is 3. The Hall–Kier alpha value is -1.20. The number of aromatic amines is 1. The van der Waals surface area contributed by atoms with Gasteiger partial charge in [0.15, 0.2) is 5.69 Å². The summed E-state index contributed by atoms with van der Waals surface area (Å²) in [6.07, 6.45) is -1.55. The van der Waals surface area contributed by atoms with Crippen molar-refractivity contribution in [2.24, 2.45) is 0 Å². The fourth-order valence-electron chi connectivity index (χ4n) is 1.42. The van der Waals surface area contributed by atoms with Crippen molar-refractivity contribution in [2.45, 2.75) is 38.8 Å². The number of H-pyrrole nitrogens is 1. The van der Waals surface area contributed by atoms with Crippen LogP contribution in [0.3, 0.4) is 0 Å². The maximum Gasteiger partial charge on any atom is 0.435 e. The molecule has 0 aromatic carbocycles. The number of nitrogens with one attached hydrogen (secondary N) is 1. The van der Waals surface area contributed by atoms with Gasteiger partial charge in [-0.3, -0.25) is 5.10 Å². The molecule has 0 fully saturated rings. The summed E-state index contributed by atoms with van der Waals surface area (Å²) in [5, 5.41) is 5.37. The minimum atomic E-state index is -4.42. The first-order valence-corrected chi connectivity index (χ1v) is 4.86. The molecule has 0 aliphatic carbocycles. The molecule has 0 bridgehead atoms. The number of rotatable bonds is 4. The summed E-state index contributed by atoms with van der Waals surface area (Å²) in [6.45, 7) is 1.99. The molecule has 0 atom stereocenters. The quantitative estimate of drug-likeness (QED) is 0.768. The Bertz CT molecular complexity index is 317. The second-order valence-electron chi connectivity index (χ2n) is 3.42. The predicted molar refractivity (Wildman–Crippen MR) is 51.2 cm³/mol. The largest absolute Gasteiger partial charge is 0.435 e. The molecule has 0 saturated carbocycles. The summed E-state index contributed by atoms with van der Waals surface area (Å²) in [4.78, 5) is 0. The molecule has 0 spiro atoms. The third-order valence-electron chi connectivity index (χ3n) is 2.20. The molecule has 15 heavy (non-hydrogen) atoms. The number of nitrogen functional groups attached to an aromatic ring is 1. The lowest BCUT2D eigenvalue weighted by Gasteiger charge is -2.06. The molecule has 86 valence electrons. The second kappa shape index (κ2) is 4.55. The topological polar surface area (TPSA) is 54.7 Å². The molecule has 1 aromatic heterocycles. The lowest BCUT2D eigenvalue weighted by molar-refractivity contribution is -0.141. The molecule has 3 N–H and O–H groups in total. The maximum atomic E-state index is 12.4. The number of halogens is 3. The van der Waals surface area contributed by atoms with E-state index in [1.165, 1.54) is 0 Å². The standard InChI is InChI=1S/C9H14F3N3/c1-2-3-4-5-6-7(9(10,11)12)14-15-8(6)13/h2-5H2,1H3,(H3,13,14,15). The zero-order valence-electron chi connectivity index (χ0n) is 8.49.